The van der Waals surface area contributed by atoms with Crippen molar-refractivity contribution in [2.24, 2.45) is 0 Å². The van der Waals surface area contributed by atoms with Gasteiger partial charge in [0.25, 0.3) is 10.0 Å². The summed E-state index contributed by atoms with van der Waals surface area (Å²) in [7, 11) is -7.29. The third-order valence-electron chi connectivity index (χ3n) is 5.79. The number of methoxy groups -OCH3 is 1. The quantitative estimate of drug-likeness (QED) is 0.537. The molecule has 2 N–H and O–H groups in total. The highest BCUT2D eigenvalue weighted by atomic mass is 32.2. The molecule has 0 bridgehead atoms. The van der Waals surface area contributed by atoms with Crippen molar-refractivity contribution in [3.05, 3.63) is 60.2 Å². The number of carbonyl (C=O) groups is 1. The van der Waals surface area contributed by atoms with Gasteiger partial charge >= 0.3 is 16.0 Å². The number of hydrogen-bond acceptors (Lipinski definition) is 6. The number of nitrogens with zero attached hydrogens (tertiary/aromatic N) is 1. The van der Waals surface area contributed by atoms with Crippen molar-refractivity contribution in [1.29, 1.82) is 0 Å². The summed E-state index contributed by atoms with van der Waals surface area (Å²) in [5.41, 5.74) is 0.462. The maximum absolute atomic E-state index is 14.0. The van der Waals surface area contributed by atoms with E-state index in [1.165, 1.54) is 31.4 Å². The zero-order valence-corrected chi connectivity index (χ0v) is 20.0. The van der Waals surface area contributed by atoms with Gasteiger partial charge in [0.2, 0.25) is 6.04 Å². The molecule has 1 unspecified atom stereocenters. The van der Waals surface area contributed by atoms with Gasteiger partial charge in [0, 0.05) is 6.42 Å². The van der Waals surface area contributed by atoms with Crippen LogP contribution in [0.3, 0.4) is 0 Å². The number of hydrogen-bond donors (Lipinski definition) is 2. The molecule has 0 amide bonds. The number of ether oxygens (including phenoxy) is 1. The summed E-state index contributed by atoms with van der Waals surface area (Å²) in [6, 6.07) is 12.3. The van der Waals surface area contributed by atoms with Crippen LogP contribution in [0.15, 0.2) is 59.5 Å². The van der Waals surface area contributed by atoms with Gasteiger partial charge in [-0.05, 0) is 53.9 Å². The Morgan fingerprint density at radius 3 is 2.24 bits per heavy atom. The topological polar surface area (TPSA) is 127 Å². The maximum atomic E-state index is 14.0. The molecule has 9 nitrogen and oxygen atoms in total. The second-order valence-electron chi connectivity index (χ2n) is 8.06. The van der Waals surface area contributed by atoms with Crippen molar-refractivity contribution >= 4 is 26.0 Å². The summed E-state index contributed by atoms with van der Waals surface area (Å²) in [4.78, 5) is 14.5. The highest BCUT2D eigenvalue weighted by Crippen LogP contribution is 2.33. The van der Waals surface area contributed by atoms with E-state index in [4.69, 9.17) is 4.74 Å². The van der Waals surface area contributed by atoms with Crippen LogP contribution in [0.25, 0.3) is 0 Å². The van der Waals surface area contributed by atoms with E-state index in [0.29, 0.717) is 30.6 Å². The molecule has 0 radical (unpaired) electrons. The molecule has 11 heteroatoms. The largest absolute Gasteiger partial charge is 0.497 e. The van der Waals surface area contributed by atoms with Gasteiger partial charge in [-0.3, -0.25) is 0 Å². The van der Waals surface area contributed by atoms with Crippen LogP contribution in [-0.2, 0) is 30.6 Å². The maximum Gasteiger partial charge on any atom is 0.365 e. The molecular weight excluding hydrogens is 468 g/mol. The van der Waals surface area contributed by atoms with E-state index in [9.17, 15) is 26.7 Å². The van der Waals surface area contributed by atoms with Crippen LogP contribution in [0.5, 0.6) is 5.75 Å². The van der Waals surface area contributed by atoms with Crippen LogP contribution in [-0.4, -0.2) is 51.6 Å². The van der Waals surface area contributed by atoms with Gasteiger partial charge in [-0.15, -0.1) is 4.00 Å². The summed E-state index contributed by atoms with van der Waals surface area (Å²) in [6.45, 7) is -0.195. The van der Waals surface area contributed by atoms with Gasteiger partial charge in [0.05, 0.1) is 12.9 Å². The summed E-state index contributed by atoms with van der Waals surface area (Å²) < 4.78 is 58.1. The predicted octanol–water partition coefficient (Wildman–Crippen LogP) is 2.65. The lowest BCUT2D eigenvalue weighted by Gasteiger charge is -2.40. The van der Waals surface area contributed by atoms with Crippen LogP contribution in [0.2, 0.25) is 0 Å². The average Bonchev–Trinajstić information content (AvgIpc) is 2.75. The lowest BCUT2D eigenvalue weighted by molar-refractivity contribution is -0.856. The molecule has 180 valence electrons. The van der Waals surface area contributed by atoms with Crippen LogP contribution in [0.1, 0.15) is 37.7 Å². The van der Waals surface area contributed by atoms with Crippen LogP contribution >= 0.6 is 0 Å². The summed E-state index contributed by atoms with van der Waals surface area (Å²) in [6.07, 6.45) is 2.29. The Morgan fingerprint density at radius 1 is 1.00 bits per heavy atom. The third kappa shape index (κ3) is 5.55. The summed E-state index contributed by atoms with van der Waals surface area (Å²) >= 11 is 0. The van der Waals surface area contributed by atoms with E-state index < -0.39 is 41.8 Å². The van der Waals surface area contributed by atoms with Gasteiger partial charge in [0.1, 0.15) is 17.2 Å². The number of aliphatic carboxylic acids is 1. The molecule has 1 fully saturated rings. The highest BCUT2D eigenvalue weighted by molar-refractivity contribution is 7.90. The molecule has 1 aliphatic rings. The van der Waals surface area contributed by atoms with Crippen molar-refractivity contribution in [2.75, 3.05) is 13.7 Å². The highest BCUT2D eigenvalue weighted by Gasteiger charge is 2.56. The van der Waals surface area contributed by atoms with Crippen LogP contribution < -0.4 is 9.57 Å². The number of rotatable bonds is 8. The predicted molar refractivity (Wildman–Crippen MR) is 122 cm³/mol. The zero-order chi connectivity index (χ0) is 24.1. The van der Waals surface area contributed by atoms with Crippen molar-refractivity contribution in [2.45, 2.75) is 48.8 Å². The van der Waals surface area contributed by atoms with E-state index in [2.05, 4.69) is 4.83 Å². The molecule has 2 aromatic carbocycles. The average molecular weight is 498 g/mol. The first-order valence-corrected chi connectivity index (χ1v) is 13.8. The standard InChI is InChI=1S/C22H28N2O7S2/c1-31-19-12-14-20(15-13-19)33(29,30)24(16-8-3-2-7-11-21(24)22(25)26)23-32(27,28)17-18-9-5-4-6-10-18/h4-6,9-10,12-15,21,23H,2-3,7-8,11,16-17H2,1H3/p+1/t21-,24?/m0/s1. The molecule has 2 aromatic rings. The first-order valence-electron chi connectivity index (χ1n) is 10.7. The minimum absolute atomic E-state index is 0.0264. The van der Waals surface area contributed by atoms with Gasteiger partial charge < -0.3 is 9.84 Å². The lowest BCUT2D eigenvalue weighted by Crippen LogP contribution is -2.70. The number of carboxylic acids is 1. The molecule has 0 aliphatic carbocycles. The van der Waals surface area contributed by atoms with E-state index >= 15 is 0 Å². The van der Waals surface area contributed by atoms with Crippen LogP contribution in [0, 0.1) is 0 Å². The minimum atomic E-state index is -4.50. The first-order chi connectivity index (χ1) is 15.6. The van der Waals surface area contributed by atoms with E-state index in [1.807, 2.05) is 0 Å². The molecule has 1 heterocycles. The molecule has 33 heavy (non-hydrogen) atoms. The molecule has 3 rings (SSSR count). The monoisotopic (exact) mass is 497 g/mol. The Bertz CT molecular complexity index is 1170. The van der Waals surface area contributed by atoms with Crippen molar-refractivity contribution in [3.8, 4) is 5.75 Å². The number of benzene rings is 2. The fourth-order valence-electron chi connectivity index (χ4n) is 4.15. The van der Waals surface area contributed by atoms with Gasteiger partial charge in [-0.25, -0.2) is 13.2 Å². The fraction of sp³-hybridized carbons (Fsp3) is 0.409. The van der Waals surface area contributed by atoms with Gasteiger partial charge in [-0.1, -0.05) is 36.8 Å². The second kappa shape index (κ2) is 10.2. The molecule has 1 aliphatic heterocycles. The Morgan fingerprint density at radius 2 is 1.64 bits per heavy atom. The molecule has 2 atom stereocenters. The van der Waals surface area contributed by atoms with E-state index in [0.717, 1.165) is 6.42 Å². The Kier molecular flexibility index (Phi) is 7.78. The molecule has 0 aromatic heterocycles. The summed E-state index contributed by atoms with van der Waals surface area (Å²) in [5, 5.41) is 10.0. The molecule has 1 saturated heterocycles. The van der Waals surface area contributed by atoms with Crippen LogP contribution in [0.4, 0.5) is 0 Å². The summed E-state index contributed by atoms with van der Waals surface area (Å²) in [5.74, 6) is -1.41. The van der Waals surface area contributed by atoms with Crippen molar-refractivity contribution < 1.29 is 35.5 Å². The van der Waals surface area contributed by atoms with E-state index in [1.54, 1.807) is 30.3 Å². The normalized spacial score (nSPS) is 22.2. The number of quaternary nitrogens is 1. The Labute approximate surface area is 194 Å². The smallest absolute Gasteiger partial charge is 0.365 e. The Hall–Kier alpha value is -2.47. The third-order valence-corrected chi connectivity index (χ3v) is 9.47. The van der Waals surface area contributed by atoms with Crippen molar-refractivity contribution in [1.82, 2.24) is 4.83 Å². The lowest BCUT2D eigenvalue weighted by atomic mass is 10.0. The van der Waals surface area contributed by atoms with Crippen molar-refractivity contribution in [3.63, 3.8) is 0 Å². The molecule has 0 spiro atoms. The van der Waals surface area contributed by atoms with E-state index in [-0.39, 0.29) is 17.9 Å². The first kappa shape index (κ1) is 25.2. The SMILES string of the molecule is COc1ccc(S(=O)(=O)[N+]2(NS(=O)(=O)Cc3ccccc3)CCCCCC[C@H]2C(=O)O)cc1. The zero-order valence-electron chi connectivity index (χ0n) is 18.4. The minimum Gasteiger partial charge on any atom is -0.497 e. The number of sulfonamides is 2. The second-order valence-corrected chi connectivity index (χ2v) is 11.8. The number of nitrogens with one attached hydrogen (secondary N) is 1. The fourth-order valence-corrected chi connectivity index (χ4v) is 8.02. The molecular formula is C22H29N2O7S2+. The Balaban J connectivity index is 2.14. The number of carboxylic acid groups (broad SMARTS) is 1. The van der Waals surface area contributed by atoms with Gasteiger partial charge in [0.15, 0.2) is 0 Å². The van der Waals surface area contributed by atoms with Gasteiger partial charge in [-0.2, -0.15) is 8.42 Å². The molecule has 0 saturated carbocycles.